The highest BCUT2D eigenvalue weighted by Gasteiger charge is 2.11. The van der Waals surface area contributed by atoms with Gasteiger partial charge < -0.3 is 10.4 Å². The van der Waals surface area contributed by atoms with E-state index in [1.54, 1.807) is 66.7 Å². The number of sulfonamides is 1. The minimum absolute atomic E-state index is 0.138. The fourth-order valence-electron chi connectivity index (χ4n) is 2.85. The van der Waals surface area contributed by atoms with Gasteiger partial charge in [0, 0.05) is 29.8 Å². The number of carbonyl (C=O) groups is 1. The molecule has 0 heterocycles. The number of amides is 1. The molecule has 1 amide bonds. The number of nitrogens with one attached hydrogen (secondary N) is 2. The van der Waals surface area contributed by atoms with Gasteiger partial charge >= 0.3 is 0 Å². The zero-order chi connectivity index (χ0) is 22.8. The molecule has 0 unspecified atom stereocenters. The predicted molar refractivity (Wildman–Crippen MR) is 125 cm³/mol. The monoisotopic (exact) mass is 448 g/mol. The van der Waals surface area contributed by atoms with Crippen LogP contribution in [-0.4, -0.2) is 26.0 Å². The molecular weight excluding hydrogens is 424 g/mol. The van der Waals surface area contributed by atoms with Crippen LogP contribution in [0, 0.1) is 11.8 Å². The van der Waals surface area contributed by atoms with E-state index < -0.39 is 10.0 Å². The number of carbonyl (C=O) groups excluding carboxylic acids is 1. The third kappa shape index (κ3) is 6.98. The predicted octanol–water partition coefficient (Wildman–Crippen LogP) is 4.14. The number of aromatic hydroxyl groups is 1. The molecule has 0 bridgehead atoms. The molecule has 0 spiro atoms. The topological polar surface area (TPSA) is 95.5 Å². The molecule has 0 radical (unpaired) electrons. The Bertz CT molecular complexity index is 1190. The number of hydrogen-bond acceptors (Lipinski definition) is 4. The van der Waals surface area contributed by atoms with Crippen molar-refractivity contribution in [2.45, 2.75) is 24.2 Å². The lowest BCUT2D eigenvalue weighted by atomic mass is 10.1. The summed E-state index contributed by atoms with van der Waals surface area (Å²) in [7, 11) is -3.46. The van der Waals surface area contributed by atoms with Gasteiger partial charge in [0.1, 0.15) is 5.75 Å². The second-order valence-corrected chi connectivity index (χ2v) is 8.82. The van der Waals surface area contributed by atoms with E-state index in [0.29, 0.717) is 30.6 Å². The van der Waals surface area contributed by atoms with Crippen LogP contribution in [0.2, 0.25) is 0 Å². The smallest absolute Gasteiger partial charge is 0.255 e. The average molecular weight is 449 g/mol. The van der Waals surface area contributed by atoms with Crippen molar-refractivity contribution in [3.8, 4) is 17.6 Å². The summed E-state index contributed by atoms with van der Waals surface area (Å²) in [6.07, 6.45) is 2.12. The number of phenolic OH excluding ortho intramolecular Hbond substituents is 1. The molecule has 6 nitrogen and oxygen atoms in total. The molecular formula is C25H24N2O4S. The van der Waals surface area contributed by atoms with Gasteiger partial charge in [0.2, 0.25) is 10.0 Å². The summed E-state index contributed by atoms with van der Waals surface area (Å²) in [5, 5.41) is 12.1. The Morgan fingerprint density at radius 1 is 0.875 bits per heavy atom. The van der Waals surface area contributed by atoms with Crippen LogP contribution >= 0.6 is 0 Å². The van der Waals surface area contributed by atoms with Crippen LogP contribution in [0.1, 0.15) is 35.2 Å². The van der Waals surface area contributed by atoms with Crippen molar-refractivity contribution in [2.24, 2.45) is 0 Å². The van der Waals surface area contributed by atoms with Crippen LogP contribution in [-0.2, 0) is 10.0 Å². The van der Waals surface area contributed by atoms with Crippen molar-refractivity contribution < 1.29 is 18.3 Å². The number of unbranched alkanes of at least 4 members (excludes halogenated alkanes) is 2. The third-order valence-electron chi connectivity index (χ3n) is 4.58. The fourth-order valence-corrected chi connectivity index (χ4v) is 3.94. The van der Waals surface area contributed by atoms with Crippen molar-refractivity contribution in [3.05, 3.63) is 90.0 Å². The molecule has 0 aliphatic rings. The zero-order valence-electron chi connectivity index (χ0n) is 17.4. The van der Waals surface area contributed by atoms with Crippen LogP contribution in [0.3, 0.4) is 0 Å². The summed E-state index contributed by atoms with van der Waals surface area (Å²) < 4.78 is 26.8. The molecule has 0 fully saturated rings. The van der Waals surface area contributed by atoms with Gasteiger partial charge in [0.25, 0.3) is 5.91 Å². The van der Waals surface area contributed by atoms with Gasteiger partial charge in [-0.2, -0.15) is 0 Å². The van der Waals surface area contributed by atoms with Crippen molar-refractivity contribution in [1.29, 1.82) is 0 Å². The third-order valence-corrected chi connectivity index (χ3v) is 6.06. The highest BCUT2D eigenvalue weighted by Crippen LogP contribution is 2.15. The molecule has 164 valence electrons. The molecule has 3 aromatic carbocycles. The summed E-state index contributed by atoms with van der Waals surface area (Å²) in [6, 6.07) is 21.5. The van der Waals surface area contributed by atoms with Crippen LogP contribution < -0.4 is 10.0 Å². The highest BCUT2D eigenvalue weighted by molar-refractivity contribution is 7.89. The average Bonchev–Trinajstić information content (AvgIpc) is 2.81. The van der Waals surface area contributed by atoms with Crippen LogP contribution in [0.4, 0.5) is 5.69 Å². The number of benzene rings is 3. The Balaban J connectivity index is 1.40. The van der Waals surface area contributed by atoms with Gasteiger partial charge in [-0.1, -0.05) is 30.0 Å². The molecule has 0 atom stereocenters. The molecule has 32 heavy (non-hydrogen) atoms. The Hall–Kier alpha value is -3.60. The number of hydrogen-bond donors (Lipinski definition) is 3. The Morgan fingerprint density at radius 3 is 2.25 bits per heavy atom. The van der Waals surface area contributed by atoms with E-state index in [2.05, 4.69) is 21.9 Å². The second-order valence-electron chi connectivity index (χ2n) is 7.05. The highest BCUT2D eigenvalue weighted by atomic mass is 32.2. The van der Waals surface area contributed by atoms with Gasteiger partial charge in [-0.15, -0.1) is 0 Å². The van der Waals surface area contributed by atoms with E-state index >= 15 is 0 Å². The lowest BCUT2D eigenvalue weighted by Crippen LogP contribution is -2.24. The van der Waals surface area contributed by atoms with Gasteiger partial charge in [0.15, 0.2) is 0 Å². The maximum Gasteiger partial charge on any atom is 0.255 e. The maximum atomic E-state index is 12.3. The molecule has 7 heteroatoms. The number of phenols is 1. The Kier molecular flexibility index (Phi) is 8.03. The molecule has 3 rings (SSSR count). The van der Waals surface area contributed by atoms with Gasteiger partial charge in [-0.25, -0.2) is 13.1 Å². The first-order chi connectivity index (χ1) is 15.4. The van der Waals surface area contributed by atoms with E-state index in [1.165, 1.54) is 12.1 Å². The zero-order valence-corrected chi connectivity index (χ0v) is 18.2. The van der Waals surface area contributed by atoms with E-state index in [-0.39, 0.29) is 16.6 Å². The van der Waals surface area contributed by atoms with Gasteiger partial charge in [-0.05, 0) is 73.5 Å². The van der Waals surface area contributed by atoms with Crippen molar-refractivity contribution in [2.75, 3.05) is 11.9 Å². The molecule has 0 aliphatic carbocycles. The van der Waals surface area contributed by atoms with Crippen molar-refractivity contribution >= 4 is 21.6 Å². The van der Waals surface area contributed by atoms with Crippen LogP contribution in [0.15, 0.2) is 83.8 Å². The second kappa shape index (κ2) is 11.1. The number of rotatable bonds is 8. The Morgan fingerprint density at radius 2 is 1.56 bits per heavy atom. The molecule has 3 aromatic rings. The summed E-state index contributed by atoms with van der Waals surface area (Å²) >= 11 is 0. The largest absolute Gasteiger partial charge is 0.508 e. The normalized spacial score (nSPS) is 10.8. The van der Waals surface area contributed by atoms with E-state index in [4.69, 9.17) is 0 Å². The number of anilines is 1. The first kappa shape index (κ1) is 23.1. The lowest BCUT2D eigenvalue weighted by Gasteiger charge is -2.05. The minimum atomic E-state index is -3.46. The standard InChI is InChI=1S/C25H24N2O4S/c28-23-17-15-22(16-18-23)27-25(29)21-13-11-20(12-14-21)8-4-1-2-7-19-26-32(30,31)24-9-5-3-6-10-24/h3,5-6,9-18,26,28H,1-2,7,19H2,(H,27,29). The summed E-state index contributed by atoms with van der Waals surface area (Å²) in [4.78, 5) is 12.5. The molecule has 0 aromatic heterocycles. The summed E-state index contributed by atoms with van der Waals surface area (Å²) in [5.74, 6) is 6.02. The minimum Gasteiger partial charge on any atom is -0.508 e. The van der Waals surface area contributed by atoms with Crippen molar-refractivity contribution in [3.63, 3.8) is 0 Å². The fraction of sp³-hybridized carbons (Fsp3) is 0.160. The Labute approximate surface area is 188 Å². The van der Waals surface area contributed by atoms with Crippen molar-refractivity contribution in [1.82, 2.24) is 4.72 Å². The van der Waals surface area contributed by atoms with E-state index in [0.717, 1.165) is 12.0 Å². The van der Waals surface area contributed by atoms with E-state index in [1.807, 2.05) is 0 Å². The van der Waals surface area contributed by atoms with Gasteiger partial charge in [-0.3, -0.25) is 4.79 Å². The quantitative estimate of drug-likeness (QED) is 0.274. The van der Waals surface area contributed by atoms with E-state index in [9.17, 15) is 18.3 Å². The van der Waals surface area contributed by atoms with Crippen LogP contribution in [0.5, 0.6) is 5.75 Å². The first-order valence-corrected chi connectivity index (χ1v) is 11.7. The molecule has 0 saturated heterocycles. The first-order valence-electron chi connectivity index (χ1n) is 10.2. The SMILES string of the molecule is O=C(Nc1ccc(O)cc1)c1ccc(C#CCCCCNS(=O)(=O)c2ccccc2)cc1. The van der Waals surface area contributed by atoms with Crippen LogP contribution in [0.25, 0.3) is 0 Å². The molecule has 0 saturated carbocycles. The molecule has 3 N–H and O–H groups in total. The maximum absolute atomic E-state index is 12.3. The molecule has 0 aliphatic heterocycles. The summed E-state index contributed by atoms with van der Waals surface area (Å²) in [6.45, 7) is 0.365. The summed E-state index contributed by atoms with van der Waals surface area (Å²) in [5.41, 5.74) is 1.91. The lowest BCUT2D eigenvalue weighted by molar-refractivity contribution is 0.102. The van der Waals surface area contributed by atoms with Gasteiger partial charge in [0.05, 0.1) is 4.90 Å².